The topological polar surface area (TPSA) is 106 Å². The number of hydrogen-bond donors (Lipinski definition) is 2. The molecular formula is C28H34N4O5S. The zero-order valence-corrected chi connectivity index (χ0v) is 23.0. The molecule has 202 valence electrons. The number of aromatic nitrogens is 2. The third kappa shape index (κ3) is 6.38. The Morgan fingerprint density at radius 1 is 1.11 bits per heavy atom. The molecule has 1 fully saturated rings. The minimum atomic E-state index is -0.944. The van der Waals surface area contributed by atoms with E-state index in [0.717, 1.165) is 29.2 Å². The van der Waals surface area contributed by atoms with Gasteiger partial charge in [0.15, 0.2) is 0 Å². The number of anilines is 2. The highest BCUT2D eigenvalue weighted by Crippen LogP contribution is 2.34. The number of morpholine rings is 1. The van der Waals surface area contributed by atoms with Crippen molar-refractivity contribution in [1.82, 2.24) is 9.55 Å². The molecule has 2 aromatic carbocycles. The van der Waals surface area contributed by atoms with Gasteiger partial charge < -0.3 is 29.4 Å². The predicted molar refractivity (Wildman–Crippen MR) is 149 cm³/mol. The maximum absolute atomic E-state index is 13.4. The smallest absolute Gasteiger partial charge is 0.319 e. The van der Waals surface area contributed by atoms with Gasteiger partial charge in [-0.3, -0.25) is 9.59 Å². The summed E-state index contributed by atoms with van der Waals surface area (Å²) in [6.07, 6.45) is 0. The first-order chi connectivity index (χ1) is 18.2. The van der Waals surface area contributed by atoms with Crippen molar-refractivity contribution in [2.24, 2.45) is 0 Å². The van der Waals surface area contributed by atoms with Gasteiger partial charge in [0.2, 0.25) is 0 Å². The van der Waals surface area contributed by atoms with E-state index in [1.807, 2.05) is 60.0 Å². The van der Waals surface area contributed by atoms with Crippen LogP contribution in [0.1, 0.15) is 30.0 Å². The first-order valence-electron chi connectivity index (χ1n) is 12.5. The lowest BCUT2D eigenvalue weighted by Crippen LogP contribution is -2.36. The highest BCUT2D eigenvalue weighted by molar-refractivity contribution is 8.01. The van der Waals surface area contributed by atoms with E-state index < -0.39 is 10.7 Å². The van der Waals surface area contributed by atoms with Gasteiger partial charge in [0, 0.05) is 48.6 Å². The lowest BCUT2D eigenvalue weighted by atomic mass is 10.2. The second-order valence-corrected chi connectivity index (χ2v) is 11.3. The summed E-state index contributed by atoms with van der Waals surface area (Å²) < 4.78 is 11.7. The molecule has 9 nitrogen and oxygen atoms in total. The van der Waals surface area contributed by atoms with Crippen LogP contribution in [0, 0.1) is 6.92 Å². The molecule has 1 aliphatic heterocycles. The molecule has 3 aromatic rings. The van der Waals surface area contributed by atoms with E-state index in [0.29, 0.717) is 49.3 Å². The number of carbonyl (C=O) groups is 2. The number of thioether (sulfide) groups is 1. The van der Waals surface area contributed by atoms with E-state index in [2.05, 4.69) is 10.2 Å². The Hall–Kier alpha value is -3.34. The van der Waals surface area contributed by atoms with E-state index in [1.165, 1.54) is 11.8 Å². The van der Waals surface area contributed by atoms with Crippen molar-refractivity contribution in [2.75, 3.05) is 50.2 Å². The number of nitrogens with one attached hydrogen (secondary N) is 1. The highest BCUT2D eigenvalue weighted by Gasteiger charge is 2.28. The molecule has 2 heterocycles. The Morgan fingerprint density at radius 2 is 1.76 bits per heavy atom. The Kier molecular flexibility index (Phi) is 8.76. The molecule has 0 aliphatic carbocycles. The van der Waals surface area contributed by atoms with Crippen LogP contribution in [0.25, 0.3) is 11.4 Å². The molecule has 4 rings (SSSR count). The van der Waals surface area contributed by atoms with Crippen molar-refractivity contribution in [1.29, 1.82) is 0 Å². The molecule has 0 atom stereocenters. The number of carbonyl (C=O) groups excluding carboxylic acids is 1. The van der Waals surface area contributed by atoms with Gasteiger partial charge in [-0.15, -0.1) is 11.8 Å². The Morgan fingerprint density at radius 3 is 2.37 bits per heavy atom. The van der Waals surface area contributed by atoms with Crippen LogP contribution in [-0.2, 0) is 20.8 Å². The molecule has 1 aromatic heterocycles. The fraction of sp³-hybridized carbons (Fsp3) is 0.393. The van der Waals surface area contributed by atoms with Gasteiger partial charge in [-0.2, -0.15) is 0 Å². The number of carboxylic acid groups (broad SMARTS) is 1. The molecule has 0 radical (unpaired) electrons. The van der Waals surface area contributed by atoms with Crippen LogP contribution in [-0.4, -0.2) is 71.3 Å². The van der Waals surface area contributed by atoms with Crippen LogP contribution in [0.2, 0.25) is 0 Å². The number of rotatable bonds is 10. The van der Waals surface area contributed by atoms with Crippen molar-refractivity contribution in [2.45, 2.75) is 37.0 Å². The average Bonchev–Trinajstić information content (AvgIpc) is 3.24. The number of hydrogen-bond acceptors (Lipinski definition) is 7. The molecular weight excluding hydrogens is 504 g/mol. The van der Waals surface area contributed by atoms with E-state index in [1.54, 1.807) is 21.0 Å². The summed E-state index contributed by atoms with van der Waals surface area (Å²) in [5.41, 5.74) is 3.72. The highest BCUT2D eigenvalue weighted by atomic mass is 32.2. The van der Waals surface area contributed by atoms with Gasteiger partial charge in [-0.25, -0.2) is 4.98 Å². The summed E-state index contributed by atoms with van der Waals surface area (Å²) in [6.45, 7) is 9.17. The van der Waals surface area contributed by atoms with Gasteiger partial charge in [-0.05, 0) is 57.2 Å². The van der Waals surface area contributed by atoms with E-state index in [9.17, 15) is 14.7 Å². The summed E-state index contributed by atoms with van der Waals surface area (Å²) in [7, 11) is 1.62. The number of nitrogens with zero attached hydrogens (tertiary/aromatic N) is 3. The van der Waals surface area contributed by atoms with Crippen LogP contribution in [0.15, 0.2) is 53.4 Å². The van der Waals surface area contributed by atoms with Gasteiger partial charge in [0.25, 0.3) is 5.91 Å². The predicted octanol–water partition coefficient (Wildman–Crippen LogP) is 4.55. The van der Waals surface area contributed by atoms with Gasteiger partial charge in [0.1, 0.15) is 16.3 Å². The molecule has 1 saturated heterocycles. The zero-order valence-electron chi connectivity index (χ0n) is 22.2. The van der Waals surface area contributed by atoms with Crippen molar-refractivity contribution in [3.05, 3.63) is 59.9 Å². The van der Waals surface area contributed by atoms with Crippen molar-refractivity contribution < 1.29 is 24.2 Å². The number of carboxylic acids is 1. The number of ether oxygens (including phenoxy) is 2. The lowest BCUT2D eigenvalue weighted by Gasteiger charge is -2.28. The van der Waals surface area contributed by atoms with Crippen LogP contribution in [0.4, 0.5) is 11.4 Å². The summed E-state index contributed by atoms with van der Waals surface area (Å²) in [6, 6.07) is 15.4. The minimum absolute atomic E-state index is 0.244. The maximum atomic E-state index is 13.4. The Bertz CT molecular complexity index is 1270. The quantitative estimate of drug-likeness (QED) is 0.362. The van der Waals surface area contributed by atoms with Crippen LogP contribution < -0.4 is 10.2 Å². The first kappa shape index (κ1) is 27.7. The van der Waals surface area contributed by atoms with Gasteiger partial charge in [0.05, 0.1) is 25.5 Å². The molecule has 1 aliphatic rings. The van der Waals surface area contributed by atoms with Crippen molar-refractivity contribution >= 4 is 35.0 Å². The van der Waals surface area contributed by atoms with E-state index >= 15 is 0 Å². The van der Waals surface area contributed by atoms with E-state index in [4.69, 9.17) is 14.5 Å². The van der Waals surface area contributed by atoms with Crippen LogP contribution in [0.5, 0.6) is 0 Å². The lowest BCUT2D eigenvalue weighted by molar-refractivity contribution is -0.138. The number of aryl methyl sites for hydroxylation is 1. The molecule has 1 amide bonds. The first-order valence-corrected chi connectivity index (χ1v) is 13.3. The Balaban J connectivity index is 1.56. The van der Waals surface area contributed by atoms with Crippen LogP contribution >= 0.6 is 11.8 Å². The van der Waals surface area contributed by atoms with Crippen molar-refractivity contribution in [3.63, 3.8) is 0 Å². The normalized spacial score (nSPS) is 13.9. The SMILES string of the molecule is COCCn1c(-c2ccc(SC(C)(C)C(=O)O)cc2)nc(C)c1C(=O)Nc1ccc(N2CCOCC2)cc1. The third-order valence-corrected chi connectivity index (χ3v) is 7.57. The second kappa shape index (κ2) is 12.0. The molecule has 0 unspecified atom stereocenters. The van der Waals surface area contributed by atoms with Gasteiger partial charge in [-0.1, -0.05) is 12.1 Å². The largest absolute Gasteiger partial charge is 0.480 e. The fourth-order valence-electron chi connectivity index (χ4n) is 4.26. The number of methoxy groups -OCH3 is 1. The summed E-state index contributed by atoms with van der Waals surface area (Å²) >= 11 is 1.28. The van der Waals surface area contributed by atoms with Crippen LogP contribution in [0.3, 0.4) is 0 Å². The molecule has 0 spiro atoms. The fourth-order valence-corrected chi connectivity index (χ4v) is 5.21. The number of amides is 1. The maximum Gasteiger partial charge on any atom is 0.319 e. The standard InChI is InChI=1S/C28H34N4O5S/c1-19-24(26(33)30-21-7-9-22(10-8-21)31-13-17-37-18-14-31)32(15-16-36-4)25(29-19)20-5-11-23(12-6-20)38-28(2,3)27(34)35/h5-12H,13-18H2,1-4H3,(H,30,33)(H,34,35). The number of aliphatic carboxylic acids is 1. The average molecular weight is 539 g/mol. The monoisotopic (exact) mass is 538 g/mol. The van der Waals surface area contributed by atoms with E-state index in [-0.39, 0.29) is 5.91 Å². The van der Waals surface area contributed by atoms with Crippen molar-refractivity contribution in [3.8, 4) is 11.4 Å². The molecule has 0 bridgehead atoms. The third-order valence-electron chi connectivity index (χ3n) is 6.38. The summed E-state index contributed by atoms with van der Waals surface area (Å²) in [5, 5.41) is 12.4. The second-order valence-electron chi connectivity index (χ2n) is 9.56. The molecule has 0 saturated carbocycles. The minimum Gasteiger partial charge on any atom is -0.480 e. The number of imidazole rings is 1. The summed E-state index contributed by atoms with van der Waals surface area (Å²) in [4.78, 5) is 32.8. The summed E-state index contributed by atoms with van der Waals surface area (Å²) in [5.74, 6) is -0.461. The molecule has 2 N–H and O–H groups in total. The Labute approximate surface area is 227 Å². The van der Waals surface area contributed by atoms with Gasteiger partial charge >= 0.3 is 5.97 Å². The molecule has 38 heavy (non-hydrogen) atoms. The molecule has 10 heteroatoms. The zero-order chi connectivity index (χ0) is 27.3. The number of benzene rings is 2.